The van der Waals surface area contributed by atoms with Gasteiger partial charge in [0.1, 0.15) is 0 Å². The number of nitrogens with one attached hydrogen (secondary N) is 2. The van der Waals surface area contributed by atoms with Crippen LogP contribution >= 0.6 is 11.6 Å². The minimum Gasteiger partial charge on any atom is -0.368 e. The molecule has 0 bridgehead atoms. The maximum absolute atomic E-state index is 12.1. The fraction of sp³-hybridized carbons (Fsp3) is 0.667. The zero-order valence-corrected chi connectivity index (χ0v) is 15.4. The first kappa shape index (κ1) is 6.81. The highest BCUT2D eigenvalue weighted by Crippen LogP contribution is 2.30. The molecule has 0 spiro atoms. The van der Waals surface area contributed by atoms with E-state index in [2.05, 4.69) is 0 Å². The van der Waals surface area contributed by atoms with Gasteiger partial charge in [-0.1, -0.05) is 23.7 Å². The van der Waals surface area contributed by atoms with E-state index in [4.69, 9.17) is 39.0 Å². The molecular weight excluding hydrogens is 360 g/mol. The zero-order chi connectivity index (χ0) is 37.2. The molecule has 0 radical (unpaired) electrons. The third kappa shape index (κ3) is 5.52. The lowest BCUT2D eigenvalue weighted by Crippen LogP contribution is -2.47. The van der Waals surface area contributed by atoms with Gasteiger partial charge in [0.05, 0.1) is 17.6 Å². The van der Waals surface area contributed by atoms with Crippen molar-refractivity contribution >= 4 is 23.3 Å². The molecular formula is C21H33ClN4O. The number of urea groups is 1. The van der Waals surface area contributed by atoms with Crippen LogP contribution in [0.2, 0.25) is 5.02 Å². The van der Waals surface area contributed by atoms with Gasteiger partial charge in [0, 0.05) is 59.6 Å². The lowest BCUT2D eigenvalue weighted by molar-refractivity contribution is 0.206. The van der Waals surface area contributed by atoms with E-state index in [0.717, 1.165) is 13.1 Å². The third-order valence-electron chi connectivity index (χ3n) is 3.52. The highest BCUT2D eigenvalue weighted by Gasteiger charge is 2.24. The number of piperazine rings is 1. The van der Waals surface area contributed by atoms with E-state index in [-0.39, 0.29) is 15.5 Å². The molecule has 2 N–H and O–H groups in total. The van der Waals surface area contributed by atoms with Crippen LogP contribution in [0.4, 0.5) is 10.5 Å². The summed E-state index contributed by atoms with van der Waals surface area (Å²) in [4.78, 5) is 11.5. The number of benzene rings is 1. The van der Waals surface area contributed by atoms with Crippen molar-refractivity contribution in [2.75, 3.05) is 44.4 Å². The molecule has 1 aliphatic carbocycles. The molecule has 27 heavy (non-hydrogen) atoms. The summed E-state index contributed by atoms with van der Waals surface area (Å²) in [5.41, 5.74) is -0.268. The van der Waals surface area contributed by atoms with Crippen molar-refractivity contribution in [1.82, 2.24) is 15.5 Å². The Kier molecular flexibility index (Phi) is 2.43. The molecule has 1 aromatic rings. The van der Waals surface area contributed by atoms with Gasteiger partial charge in [-0.25, -0.2) is 4.79 Å². The molecule has 1 saturated carbocycles. The number of hydrogen-bond acceptors (Lipinski definition) is 3. The van der Waals surface area contributed by atoms with E-state index in [0.29, 0.717) is 0 Å². The van der Waals surface area contributed by atoms with Crippen molar-refractivity contribution in [2.24, 2.45) is 5.89 Å². The Morgan fingerprint density at radius 2 is 2.00 bits per heavy atom. The van der Waals surface area contributed by atoms with E-state index in [9.17, 15) is 4.79 Å². The van der Waals surface area contributed by atoms with Gasteiger partial charge in [-0.05, 0) is 62.9 Å². The van der Waals surface area contributed by atoms with Crippen LogP contribution in [0.5, 0.6) is 0 Å². The van der Waals surface area contributed by atoms with E-state index >= 15 is 0 Å². The minimum absolute atomic E-state index is 0.0354. The lowest BCUT2D eigenvalue weighted by atomic mass is 9.84. The Morgan fingerprint density at radius 1 is 1.30 bits per heavy atom. The van der Waals surface area contributed by atoms with Crippen LogP contribution in [0.15, 0.2) is 18.2 Å². The summed E-state index contributed by atoms with van der Waals surface area (Å²) in [7, 11) is 0.977. The second-order valence-corrected chi connectivity index (χ2v) is 5.80. The summed E-state index contributed by atoms with van der Waals surface area (Å²) >= 11 is 6.29. The zero-order valence-electron chi connectivity index (χ0n) is 34.6. The molecule has 150 valence electrons. The minimum atomic E-state index is -4.15. The fourth-order valence-electron chi connectivity index (χ4n) is 2.08. The van der Waals surface area contributed by atoms with Crippen LogP contribution in [0.25, 0.3) is 0 Å². The first-order valence-corrected chi connectivity index (χ1v) is 8.31. The van der Waals surface area contributed by atoms with Gasteiger partial charge < -0.3 is 15.5 Å². The van der Waals surface area contributed by atoms with Crippen molar-refractivity contribution in [3.05, 3.63) is 28.8 Å². The molecule has 1 saturated heterocycles. The van der Waals surface area contributed by atoms with Gasteiger partial charge >= 0.3 is 6.03 Å². The number of nitrogens with zero attached hydrogens (tertiary/aromatic N) is 2. The quantitative estimate of drug-likeness (QED) is 0.775. The number of carbonyl (C=O) groups is 1. The van der Waals surface area contributed by atoms with E-state index in [1.54, 1.807) is 5.32 Å². The molecule has 3 rings (SSSR count). The highest BCUT2D eigenvalue weighted by atomic mass is 35.5. The van der Waals surface area contributed by atoms with Gasteiger partial charge in [-0.3, -0.25) is 4.90 Å². The summed E-state index contributed by atoms with van der Waals surface area (Å²) < 4.78 is 172. The Bertz CT molecular complexity index is 1380. The molecule has 2 amide bonds. The standard InChI is InChI=1S/C21H33ClN4O/c1-16-4-3-5-19(20(16)22)26-14-12-25(13-15-26)11-10-17-6-8-18(9-7-17)24-21(27)23-2/h3-5,17-18H,6-15H2,1-2H3,(H2,23,24,27)/t17-,18-/i6D2,7D2,8D2,9D2,11D2,12D2,13D2,14D2,15D2,17D,18D. The van der Waals surface area contributed by atoms with Crippen LogP contribution in [0.3, 0.4) is 0 Å². The van der Waals surface area contributed by atoms with Crippen molar-refractivity contribution in [2.45, 2.75) is 44.9 Å². The van der Waals surface area contributed by atoms with Gasteiger partial charge in [-0.2, -0.15) is 0 Å². The number of carbonyl (C=O) groups excluding carboxylic acids is 1. The number of anilines is 1. The Morgan fingerprint density at radius 3 is 2.67 bits per heavy atom. The molecule has 2 fully saturated rings. The smallest absolute Gasteiger partial charge is 0.314 e. The first-order chi connectivity index (χ1) is 20.6. The normalized spacial score (nSPS) is 55.7. The monoisotopic (exact) mass is 412 g/mol. The molecule has 1 aliphatic heterocycles. The molecule has 1 heterocycles. The summed E-state index contributed by atoms with van der Waals surface area (Å²) in [6.07, 6.45) is -18.6. The lowest BCUT2D eigenvalue weighted by Gasteiger charge is -2.37. The summed E-state index contributed by atoms with van der Waals surface area (Å²) in [5, 5.41) is 3.14. The Balaban J connectivity index is 2.31. The number of aryl methyl sites for hydroxylation is 1. The van der Waals surface area contributed by atoms with Gasteiger partial charge in [-0.15, -0.1) is 0 Å². The van der Waals surface area contributed by atoms with Crippen LogP contribution < -0.4 is 15.5 Å². The molecule has 5 nitrogen and oxygen atoms in total. The highest BCUT2D eigenvalue weighted by molar-refractivity contribution is 6.34. The van der Waals surface area contributed by atoms with Gasteiger partial charge in [0.25, 0.3) is 0 Å². The number of rotatable bonds is 5. The number of hydrogen-bond donors (Lipinski definition) is 2. The maximum Gasteiger partial charge on any atom is 0.314 e. The second kappa shape index (κ2) is 9.65. The predicted molar refractivity (Wildman–Crippen MR) is 113 cm³/mol. The molecule has 1 aromatic carbocycles. The van der Waals surface area contributed by atoms with Gasteiger partial charge in [0.2, 0.25) is 0 Å². The van der Waals surface area contributed by atoms with Crippen LogP contribution in [0.1, 0.15) is 64.9 Å². The van der Waals surface area contributed by atoms with Crippen molar-refractivity contribution in [1.29, 1.82) is 0 Å². The second-order valence-electron chi connectivity index (χ2n) is 5.42. The Labute approximate surface area is 196 Å². The van der Waals surface area contributed by atoms with E-state index < -0.39 is 92.9 Å². The van der Waals surface area contributed by atoms with Crippen LogP contribution in [-0.2, 0) is 0 Å². The molecule has 0 aromatic heterocycles. The molecule has 2 aliphatic rings. The van der Waals surface area contributed by atoms with Gasteiger partial charge in [0.15, 0.2) is 0 Å². The van der Waals surface area contributed by atoms with Crippen molar-refractivity contribution < 1.29 is 32.2 Å². The predicted octanol–water partition coefficient (Wildman–Crippen LogP) is 3.65. The Hall–Kier alpha value is -1.46. The van der Waals surface area contributed by atoms with Crippen LogP contribution in [0, 0.1) is 12.8 Å². The topological polar surface area (TPSA) is 47.6 Å². The third-order valence-corrected chi connectivity index (χ3v) is 4.01. The fourth-order valence-corrected chi connectivity index (χ4v) is 2.29. The van der Waals surface area contributed by atoms with Crippen molar-refractivity contribution in [3.8, 4) is 0 Å². The number of amides is 2. The number of halogens is 1. The molecule has 6 heteroatoms. The average molecular weight is 413 g/mol. The largest absolute Gasteiger partial charge is 0.368 e. The average Bonchev–Trinajstić information content (AvgIpc) is 2.87. The van der Waals surface area contributed by atoms with Crippen LogP contribution in [-0.4, -0.2) is 56.5 Å². The van der Waals surface area contributed by atoms with E-state index in [1.807, 2.05) is 5.32 Å². The molecule has 0 atom stereocenters. The summed E-state index contributed by atoms with van der Waals surface area (Å²) in [6, 6.07) is -1.47. The van der Waals surface area contributed by atoms with Crippen molar-refractivity contribution in [3.63, 3.8) is 0 Å². The maximum atomic E-state index is 12.1. The summed E-state index contributed by atoms with van der Waals surface area (Å²) in [6.45, 7) is -18.0. The molecule has 0 unspecified atom stereocenters. The summed E-state index contributed by atoms with van der Waals surface area (Å²) in [5.74, 6) is -4.05. The first-order valence-electron chi connectivity index (χ1n) is 17.9. The SMILES string of the molecule is [2H]C([2H])(C[C@]1([2H])C([2H])([2H])C([2H])([2H])[C@@]([2H])(NC(=O)NC)C([2H])([2H])C1([2H])[2H])N1C([2H])([2H])C([2H])([2H])N(c2cccc(C)c2Cl)C([2H])([2H])C1([2H])[2H]. The van der Waals surface area contributed by atoms with E-state index in [1.165, 1.54) is 19.1 Å².